The van der Waals surface area contributed by atoms with Crippen LogP contribution in [-0.2, 0) is 13.0 Å². The molecule has 0 aliphatic heterocycles. The summed E-state index contributed by atoms with van der Waals surface area (Å²) in [5.74, 6) is 0. The van der Waals surface area contributed by atoms with Gasteiger partial charge in [-0.25, -0.2) is 0 Å². The van der Waals surface area contributed by atoms with E-state index in [2.05, 4.69) is 29.4 Å². The van der Waals surface area contributed by atoms with E-state index in [0.717, 1.165) is 18.7 Å². The van der Waals surface area contributed by atoms with Crippen molar-refractivity contribution in [3.63, 3.8) is 0 Å². The van der Waals surface area contributed by atoms with Gasteiger partial charge in [0, 0.05) is 12.7 Å². The van der Waals surface area contributed by atoms with Crippen LogP contribution in [0.15, 0.2) is 36.5 Å². The highest BCUT2D eigenvalue weighted by Gasteiger charge is 1.96. The van der Waals surface area contributed by atoms with Gasteiger partial charge in [-0.3, -0.25) is 4.68 Å². The molecule has 0 saturated heterocycles. The van der Waals surface area contributed by atoms with Crippen LogP contribution in [0.25, 0.3) is 0 Å². The van der Waals surface area contributed by atoms with E-state index in [-0.39, 0.29) is 0 Å². The van der Waals surface area contributed by atoms with Crippen LogP contribution in [-0.4, -0.2) is 15.0 Å². The van der Waals surface area contributed by atoms with Crippen molar-refractivity contribution in [2.45, 2.75) is 13.0 Å². The number of aromatic nitrogens is 3. The second kappa shape index (κ2) is 4.05. The lowest BCUT2D eigenvalue weighted by Gasteiger charge is -2.00. The van der Waals surface area contributed by atoms with Crippen molar-refractivity contribution in [3.8, 4) is 0 Å². The summed E-state index contributed by atoms with van der Waals surface area (Å²) in [6.45, 7) is 4.56. The Hall–Kier alpha value is -1.64. The topological polar surface area (TPSA) is 30.7 Å². The van der Waals surface area contributed by atoms with E-state index in [1.807, 2.05) is 29.1 Å². The molecule has 0 fully saturated rings. The molecular formula is C11H12N3. The van der Waals surface area contributed by atoms with E-state index >= 15 is 0 Å². The first-order valence-corrected chi connectivity index (χ1v) is 4.60. The quantitative estimate of drug-likeness (QED) is 0.730. The molecule has 0 saturated carbocycles. The molecule has 2 aromatic rings. The summed E-state index contributed by atoms with van der Waals surface area (Å²) in [6, 6.07) is 10.3. The fourth-order valence-electron chi connectivity index (χ4n) is 1.34. The molecule has 3 nitrogen and oxygen atoms in total. The van der Waals surface area contributed by atoms with Gasteiger partial charge in [0.2, 0.25) is 0 Å². The van der Waals surface area contributed by atoms with Gasteiger partial charge < -0.3 is 0 Å². The van der Waals surface area contributed by atoms with Crippen LogP contribution in [0.1, 0.15) is 11.3 Å². The Morgan fingerprint density at radius 1 is 1.21 bits per heavy atom. The van der Waals surface area contributed by atoms with E-state index in [9.17, 15) is 0 Å². The molecule has 0 spiro atoms. The highest BCUT2D eigenvalue weighted by atomic mass is 15.4. The van der Waals surface area contributed by atoms with Crippen LogP contribution in [0.4, 0.5) is 0 Å². The van der Waals surface area contributed by atoms with Gasteiger partial charge in [-0.2, -0.15) is 0 Å². The second-order valence-corrected chi connectivity index (χ2v) is 3.21. The van der Waals surface area contributed by atoms with Crippen molar-refractivity contribution in [1.29, 1.82) is 0 Å². The summed E-state index contributed by atoms with van der Waals surface area (Å²) >= 11 is 0. The SMILES string of the molecule is [CH2]c1cn(CCc2ccccc2)nn1. The molecule has 0 aliphatic rings. The van der Waals surface area contributed by atoms with Crippen LogP contribution in [0.3, 0.4) is 0 Å². The van der Waals surface area contributed by atoms with Gasteiger partial charge in [0.25, 0.3) is 0 Å². The second-order valence-electron chi connectivity index (χ2n) is 3.21. The molecular weight excluding hydrogens is 174 g/mol. The Kier molecular flexibility index (Phi) is 2.58. The number of benzene rings is 1. The summed E-state index contributed by atoms with van der Waals surface area (Å²) in [7, 11) is 0. The lowest BCUT2D eigenvalue weighted by Crippen LogP contribution is -2.01. The maximum Gasteiger partial charge on any atom is 0.0831 e. The molecule has 0 bridgehead atoms. The van der Waals surface area contributed by atoms with Gasteiger partial charge in [-0.1, -0.05) is 35.5 Å². The average Bonchev–Trinajstić information content (AvgIpc) is 2.63. The minimum absolute atomic E-state index is 0.720. The zero-order valence-corrected chi connectivity index (χ0v) is 7.93. The van der Waals surface area contributed by atoms with Crippen molar-refractivity contribution in [2.24, 2.45) is 0 Å². The number of hydrogen-bond acceptors (Lipinski definition) is 2. The molecule has 1 radical (unpaired) electrons. The van der Waals surface area contributed by atoms with Crippen molar-refractivity contribution in [1.82, 2.24) is 15.0 Å². The molecule has 3 heteroatoms. The molecule has 14 heavy (non-hydrogen) atoms. The van der Waals surface area contributed by atoms with Crippen molar-refractivity contribution in [2.75, 3.05) is 0 Å². The van der Waals surface area contributed by atoms with Crippen molar-refractivity contribution < 1.29 is 0 Å². The Morgan fingerprint density at radius 3 is 2.64 bits per heavy atom. The third-order valence-electron chi connectivity index (χ3n) is 2.06. The van der Waals surface area contributed by atoms with Gasteiger partial charge in [0.05, 0.1) is 5.69 Å². The maximum atomic E-state index is 3.94. The number of rotatable bonds is 3. The summed E-state index contributed by atoms with van der Waals surface area (Å²) in [4.78, 5) is 0. The van der Waals surface area contributed by atoms with Crippen LogP contribution in [0.2, 0.25) is 0 Å². The molecule has 1 heterocycles. The van der Waals surface area contributed by atoms with Crippen LogP contribution in [0, 0.1) is 6.92 Å². The monoisotopic (exact) mass is 186 g/mol. The average molecular weight is 186 g/mol. The summed E-state index contributed by atoms with van der Waals surface area (Å²) < 4.78 is 1.81. The van der Waals surface area contributed by atoms with Crippen molar-refractivity contribution >= 4 is 0 Å². The first kappa shape index (κ1) is 8.94. The zero-order chi connectivity index (χ0) is 9.80. The minimum atomic E-state index is 0.720. The third kappa shape index (κ3) is 2.19. The molecule has 2 rings (SSSR count). The van der Waals surface area contributed by atoms with E-state index < -0.39 is 0 Å². The standard InChI is InChI=1S/C11H12N3/c1-10-9-14(13-12-10)8-7-11-5-3-2-4-6-11/h2-6,9H,1,7-8H2. The minimum Gasteiger partial charge on any atom is -0.252 e. The Morgan fingerprint density at radius 2 is 2.00 bits per heavy atom. The predicted octanol–water partition coefficient (Wildman–Crippen LogP) is 1.70. The molecule has 0 unspecified atom stereocenters. The molecule has 0 atom stereocenters. The normalized spacial score (nSPS) is 10.4. The molecule has 0 amide bonds. The zero-order valence-electron chi connectivity index (χ0n) is 7.93. The van der Waals surface area contributed by atoms with Crippen LogP contribution >= 0.6 is 0 Å². The third-order valence-corrected chi connectivity index (χ3v) is 2.06. The van der Waals surface area contributed by atoms with Gasteiger partial charge in [0.1, 0.15) is 0 Å². The number of nitrogens with zero attached hydrogens (tertiary/aromatic N) is 3. The van der Waals surface area contributed by atoms with E-state index in [1.54, 1.807) is 0 Å². The summed E-state index contributed by atoms with van der Waals surface area (Å²) in [5.41, 5.74) is 2.03. The smallest absolute Gasteiger partial charge is 0.0831 e. The highest BCUT2D eigenvalue weighted by Crippen LogP contribution is 2.01. The Balaban J connectivity index is 1.95. The fraction of sp³-hybridized carbons (Fsp3) is 0.182. The van der Waals surface area contributed by atoms with Gasteiger partial charge in [-0.15, -0.1) is 5.10 Å². The van der Waals surface area contributed by atoms with Crippen LogP contribution < -0.4 is 0 Å². The Labute approximate surface area is 83.4 Å². The van der Waals surface area contributed by atoms with Gasteiger partial charge >= 0.3 is 0 Å². The first-order valence-electron chi connectivity index (χ1n) is 4.60. The van der Waals surface area contributed by atoms with E-state index in [4.69, 9.17) is 0 Å². The molecule has 1 aromatic heterocycles. The van der Waals surface area contributed by atoms with E-state index in [0.29, 0.717) is 0 Å². The van der Waals surface area contributed by atoms with E-state index in [1.165, 1.54) is 5.56 Å². The molecule has 0 N–H and O–H groups in total. The molecule has 1 aromatic carbocycles. The lowest BCUT2D eigenvalue weighted by molar-refractivity contribution is 0.589. The fourth-order valence-corrected chi connectivity index (χ4v) is 1.34. The molecule has 0 aliphatic carbocycles. The van der Waals surface area contributed by atoms with Gasteiger partial charge in [-0.05, 0) is 18.9 Å². The van der Waals surface area contributed by atoms with Crippen LogP contribution in [0.5, 0.6) is 0 Å². The number of hydrogen-bond donors (Lipinski definition) is 0. The van der Waals surface area contributed by atoms with Gasteiger partial charge in [0.15, 0.2) is 0 Å². The Bertz CT molecular complexity index is 392. The van der Waals surface area contributed by atoms with Crippen molar-refractivity contribution in [3.05, 3.63) is 54.7 Å². The lowest BCUT2D eigenvalue weighted by atomic mass is 10.1. The molecule has 71 valence electrons. The number of aryl methyl sites for hydroxylation is 2. The summed E-state index contributed by atoms with van der Waals surface area (Å²) in [5, 5.41) is 7.77. The highest BCUT2D eigenvalue weighted by molar-refractivity contribution is 5.14. The predicted molar refractivity (Wildman–Crippen MR) is 54.6 cm³/mol. The largest absolute Gasteiger partial charge is 0.252 e. The maximum absolute atomic E-state index is 3.94. The first-order chi connectivity index (χ1) is 6.84. The summed E-state index contributed by atoms with van der Waals surface area (Å²) in [6.07, 6.45) is 2.83.